The summed E-state index contributed by atoms with van der Waals surface area (Å²) in [6.07, 6.45) is 4.44. The Morgan fingerprint density at radius 3 is 2.47 bits per heavy atom. The van der Waals surface area contributed by atoms with Crippen molar-refractivity contribution >= 4 is 34.1 Å². The lowest BCUT2D eigenvalue weighted by molar-refractivity contribution is -0.113. The molecule has 3 aromatic carbocycles. The Bertz CT molecular complexity index is 1430. The highest BCUT2D eigenvalue weighted by Gasteiger charge is 2.17. The Hall–Kier alpha value is -3.97. The summed E-state index contributed by atoms with van der Waals surface area (Å²) in [7, 11) is 0. The smallest absolute Gasteiger partial charge is 0.234 e. The first-order chi connectivity index (χ1) is 16.7. The van der Waals surface area contributed by atoms with Gasteiger partial charge in [-0.1, -0.05) is 67.2 Å². The first-order valence-corrected chi connectivity index (χ1v) is 12.1. The van der Waals surface area contributed by atoms with Crippen molar-refractivity contribution < 1.29 is 4.79 Å². The number of nitrogens with zero attached hydrogens (tertiary/aromatic N) is 4. The third kappa shape index (κ3) is 4.56. The van der Waals surface area contributed by atoms with E-state index in [1.54, 1.807) is 12.4 Å². The molecule has 0 saturated carbocycles. The van der Waals surface area contributed by atoms with Gasteiger partial charge in [0.15, 0.2) is 11.0 Å². The van der Waals surface area contributed by atoms with E-state index in [1.165, 1.54) is 17.3 Å². The molecule has 5 aromatic rings. The minimum Gasteiger partial charge on any atom is -0.325 e. The lowest BCUT2D eigenvalue weighted by Crippen LogP contribution is -2.14. The summed E-state index contributed by atoms with van der Waals surface area (Å²) in [5.41, 5.74) is 3.92. The monoisotopic (exact) mass is 465 g/mol. The summed E-state index contributed by atoms with van der Waals surface area (Å²) >= 11 is 1.36. The first-order valence-electron chi connectivity index (χ1n) is 11.1. The lowest BCUT2D eigenvalue weighted by atomic mass is 10.1. The van der Waals surface area contributed by atoms with Crippen LogP contribution in [0.3, 0.4) is 0 Å². The lowest BCUT2D eigenvalue weighted by Gasteiger charge is -2.12. The maximum atomic E-state index is 12.8. The van der Waals surface area contributed by atoms with Crippen LogP contribution >= 0.6 is 11.8 Å². The molecule has 6 nitrogen and oxygen atoms in total. The number of rotatable bonds is 7. The number of carbonyl (C=O) groups excluding carboxylic acids is 1. The van der Waals surface area contributed by atoms with Gasteiger partial charge >= 0.3 is 0 Å². The second-order valence-corrected chi connectivity index (χ2v) is 8.70. The third-order valence-corrected chi connectivity index (χ3v) is 6.50. The van der Waals surface area contributed by atoms with Gasteiger partial charge in [-0.2, -0.15) is 0 Å². The minimum atomic E-state index is -0.0947. The van der Waals surface area contributed by atoms with Crippen LogP contribution in [-0.2, 0) is 11.2 Å². The van der Waals surface area contributed by atoms with Crippen molar-refractivity contribution in [1.82, 2.24) is 19.7 Å². The van der Waals surface area contributed by atoms with Crippen LogP contribution < -0.4 is 5.32 Å². The molecule has 0 unspecified atom stereocenters. The van der Waals surface area contributed by atoms with Crippen LogP contribution in [0.2, 0.25) is 0 Å². The van der Waals surface area contributed by atoms with Crippen molar-refractivity contribution in [2.24, 2.45) is 0 Å². The molecule has 0 aliphatic rings. The molecule has 0 atom stereocenters. The van der Waals surface area contributed by atoms with E-state index in [-0.39, 0.29) is 11.7 Å². The zero-order valence-electron chi connectivity index (χ0n) is 18.7. The Kier molecular flexibility index (Phi) is 6.35. The third-order valence-electron chi connectivity index (χ3n) is 5.57. The van der Waals surface area contributed by atoms with Crippen molar-refractivity contribution in [2.75, 3.05) is 11.1 Å². The van der Waals surface area contributed by atoms with Crippen molar-refractivity contribution in [3.63, 3.8) is 0 Å². The standard InChI is InChI=1S/C27H23N5OS/c1-2-19-10-12-22(13-11-19)32-26(21-14-16-28-17-15-21)30-31-27(32)34-18-25(33)29-24-9-5-7-20-6-3-4-8-23(20)24/h3-17H,2,18H2,1H3,(H,29,33). The van der Waals surface area contributed by atoms with E-state index in [4.69, 9.17) is 0 Å². The second-order valence-electron chi connectivity index (χ2n) is 7.76. The molecule has 5 rings (SSSR count). The average molecular weight is 466 g/mol. The zero-order chi connectivity index (χ0) is 23.3. The van der Waals surface area contributed by atoms with Crippen LogP contribution in [0.4, 0.5) is 5.69 Å². The summed E-state index contributed by atoms with van der Waals surface area (Å²) in [6, 6.07) is 26.1. The van der Waals surface area contributed by atoms with Gasteiger partial charge in [-0.05, 0) is 47.7 Å². The van der Waals surface area contributed by atoms with Crippen molar-refractivity contribution in [2.45, 2.75) is 18.5 Å². The molecule has 0 aliphatic heterocycles. The number of thioether (sulfide) groups is 1. The van der Waals surface area contributed by atoms with E-state index < -0.39 is 0 Å². The molecule has 0 spiro atoms. The summed E-state index contributed by atoms with van der Waals surface area (Å²) in [5.74, 6) is 0.830. The fraction of sp³-hybridized carbons (Fsp3) is 0.111. The zero-order valence-corrected chi connectivity index (χ0v) is 19.5. The number of hydrogen-bond acceptors (Lipinski definition) is 5. The molecular formula is C27H23N5OS. The minimum absolute atomic E-state index is 0.0947. The van der Waals surface area contributed by atoms with E-state index >= 15 is 0 Å². The second kappa shape index (κ2) is 9.89. The molecule has 0 aliphatic carbocycles. The molecule has 0 radical (unpaired) electrons. The Balaban J connectivity index is 1.41. The van der Waals surface area contributed by atoms with E-state index in [0.717, 1.165) is 34.1 Å². The molecule has 0 fully saturated rings. The summed E-state index contributed by atoms with van der Waals surface area (Å²) < 4.78 is 1.99. The number of amides is 1. The Labute approximate surface area is 202 Å². The van der Waals surface area contributed by atoms with Crippen LogP contribution in [0.15, 0.2) is 96.4 Å². The number of aromatic nitrogens is 4. The highest BCUT2D eigenvalue weighted by Crippen LogP contribution is 2.29. The number of pyridine rings is 1. The topological polar surface area (TPSA) is 72.7 Å². The van der Waals surface area contributed by atoms with Gasteiger partial charge < -0.3 is 5.32 Å². The quantitative estimate of drug-likeness (QED) is 0.309. The van der Waals surface area contributed by atoms with E-state index in [1.807, 2.05) is 59.2 Å². The van der Waals surface area contributed by atoms with Crippen molar-refractivity contribution in [3.8, 4) is 17.1 Å². The number of anilines is 1. The Morgan fingerprint density at radius 1 is 0.912 bits per heavy atom. The maximum absolute atomic E-state index is 12.8. The normalized spacial score (nSPS) is 11.0. The maximum Gasteiger partial charge on any atom is 0.234 e. The fourth-order valence-corrected chi connectivity index (χ4v) is 4.57. The molecule has 0 bridgehead atoms. The first kappa shape index (κ1) is 21.9. The predicted octanol–water partition coefficient (Wildman–Crippen LogP) is 5.78. The summed E-state index contributed by atoms with van der Waals surface area (Å²) in [5, 5.41) is 14.7. The number of hydrogen-bond donors (Lipinski definition) is 1. The summed E-state index contributed by atoms with van der Waals surface area (Å²) in [4.78, 5) is 16.9. The molecular weight excluding hydrogens is 442 g/mol. The van der Waals surface area contributed by atoms with Crippen LogP contribution in [0.1, 0.15) is 12.5 Å². The van der Waals surface area contributed by atoms with Gasteiger partial charge in [-0.15, -0.1) is 10.2 Å². The van der Waals surface area contributed by atoms with Crippen LogP contribution in [0.5, 0.6) is 0 Å². The molecule has 1 N–H and O–H groups in total. The number of nitrogens with one attached hydrogen (secondary N) is 1. The number of fused-ring (bicyclic) bond motifs is 1. The molecule has 0 saturated heterocycles. The van der Waals surface area contributed by atoms with Gasteiger partial charge in [0.1, 0.15) is 0 Å². The van der Waals surface area contributed by atoms with Crippen LogP contribution in [0, 0.1) is 0 Å². The average Bonchev–Trinajstić information content (AvgIpc) is 3.32. The highest BCUT2D eigenvalue weighted by atomic mass is 32.2. The van der Waals surface area contributed by atoms with Gasteiger partial charge in [-0.3, -0.25) is 14.3 Å². The molecule has 1 amide bonds. The van der Waals surface area contributed by atoms with Crippen LogP contribution in [0.25, 0.3) is 27.8 Å². The Morgan fingerprint density at radius 2 is 1.68 bits per heavy atom. The van der Waals surface area contributed by atoms with Gasteiger partial charge in [-0.25, -0.2) is 0 Å². The number of carbonyl (C=O) groups is 1. The fourth-order valence-electron chi connectivity index (χ4n) is 3.82. The van der Waals surface area contributed by atoms with E-state index in [9.17, 15) is 4.79 Å². The van der Waals surface area contributed by atoms with Gasteiger partial charge in [0.25, 0.3) is 0 Å². The van der Waals surface area contributed by atoms with Crippen LogP contribution in [-0.4, -0.2) is 31.4 Å². The predicted molar refractivity (Wildman–Crippen MR) is 137 cm³/mol. The largest absolute Gasteiger partial charge is 0.325 e. The summed E-state index contributed by atoms with van der Waals surface area (Å²) in [6.45, 7) is 2.13. The number of aryl methyl sites for hydroxylation is 1. The molecule has 34 heavy (non-hydrogen) atoms. The van der Waals surface area contributed by atoms with Crippen molar-refractivity contribution in [1.29, 1.82) is 0 Å². The van der Waals surface area contributed by atoms with E-state index in [0.29, 0.717) is 11.0 Å². The van der Waals surface area contributed by atoms with Gasteiger partial charge in [0, 0.05) is 34.7 Å². The molecule has 2 aromatic heterocycles. The molecule has 168 valence electrons. The van der Waals surface area contributed by atoms with Gasteiger partial charge in [0.05, 0.1) is 5.75 Å². The van der Waals surface area contributed by atoms with Gasteiger partial charge in [0.2, 0.25) is 5.91 Å². The molecule has 7 heteroatoms. The number of benzene rings is 3. The molecule has 2 heterocycles. The highest BCUT2D eigenvalue weighted by molar-refractivity contribution is 7.99. The van der Waals surface area contributed by atoms with E-state index in [2.05, 4.69) is 51.7 Å². The SMILES string of the molecule is CCc1ccc(-n2c(SCC(=O)Nc3cccc4ccccc34)nnc2-c2ccncc2)cc1. The van der Waals surface area contributed by atoms with Crippen molar-refractivity contribution in [3.05, 3.63) is 96.8 Å².